The van der Waals surface area contributed by atoms with E-state index in [-0.39, 0.29) is 18.0 Å². The van der Waals surface area contributed by atoms with Crippen molar-refractivity contribution >= 4 is 28.3 Å². The van der Waals surface area contributed by atoms with E-state index in [1.54, 1.807) is 0 Å². The highest BCUT2D eigenvalue weighted by Gasteiger charge is 2.28. The van der Waals surface area contributed by atoms with Crippen LogP contribution >= 0.6 is 11.5 Å². The Balaban J connectivity index is 2.28. The van der Waals surface area contributed by atoms with Gasteiger partial charge < -0.3 is 20.7 Å². The molecule has 2 rings (SSSR count). The number of anilines is 2. The second-order valence-corrected chi connectivity index (χ2v) is 5.75. The predicted molar refractivity (Wildman–Crippen MR) is 76.8 cm³/mol. The molecule has 0 saturated carbocycles. The van der Waals surface area contributed by atoms with Crippen LogP contribution in [0, 0.1) is 0 Å². The van der Waals surface area contributed by atoms with Crippen LogP contribution in [-0.4, -0.2) is 42.1 Å². The van der Waals surface area contributed by atoms with E-state index in [1.165, 1.54) is 11.5 Å². The molecule has 1 aliphatic heterocycles. The molecule has 0 aromatic carbocycles. The number of hydrogen-bond donors (Lipinski definition) is 2. The molecule has 1 saturated heterocycles. The fourth-order valence-corrected chi connectivity index (χ4v) is 3.01. The Morgan fingerprint density at radius 2 is 2.37 bits per heavy atom. The van der Waals surface area contributed by atoms with Crippen LogP contribution in [0.3, 0.4) is 0 Å². The van der Waals surface area contributed by atoms with Gasteiger partial charge >= 0.3 is 0 Å². The van der Waals surface area contributed by atoms with Gasteiger partial charge in [0.25, 0.3) is 5.91 Å². The molecule has 1 atom stereocenters. The third-order valence-electron chi connectivity index (χ3n) is 2.98. The van der Waals surface area contributed by atoms with Crippen molar-refractivity contribution in [2.75, 3.05) is 30.4 Å². The molecule has 0 bridgehead atoms. The first kappa shape index (κ1) is 14.1. The lowest BCUT2D eigenvalue weighted by Gasteiger charge is -2.34. The zero-order chi connectivity index (χ0) is 14.0. The Morgan fingerprint density at radius 3 is 3.00 bits per heavy atom. The molecule has 1 aromatic heterocycles. The fourth-order valence-electron chi connectivity index (χ4n) is 2.07. The summed E-state index contributed by atoms with van der Waals surface area (Å²) in [6.45, 7) is 7.98. The summed E-state index contributed by atoms with van der Waals surface area (Å²) in [7, 11) is 0. The lowest BCUT2D eigenvalue weighted by Crippen LogP contribution is -2.44. The largest absolute Gasteiger partial charge is 0.382 e. The molecule has 1 fully saturated rings. The van der Waals surface area contributed by atoms with Crippen molar-refractivity contribution in [3.05, 3.63) is 5.56 Å². The smallest absolute Gasteiger partial charge is 0.258 e. The van der Waals surface area contributed by atoms with E-state index in [0.717, 1.165) is 11.5 Å². The van der Waals surface area contributed by atoms with Gasteiger partial charge in [-0.25, -0.2) is 0 Å². The van der Waals surface area contributed by atoms with Crippen LogP contribution in [0.25, 0.3) is 0 Å². The summed E-state index contributed by atoms with van der Waals surface area (Å²) in [6, 6.07) is 0.293. The quantitative estimate of drug-likeness (QED) is 0.868. The van der Waals surface area contributed by atoms with E-state index in [2.05, 4.69) is 21.5 Å². The number of aromatic nitrogens is 1. The molecule has 2 heterocycles. The van der Waals surface area contributed by atoms with Crippen LogP contribution in [0.4, 0.5) is 10.8 Å². The van der Waals surface area contributed by atoms with E-state index >= 15 is 0 Å². The molecule has 1 aliphatic rings. The fraction of sp³-hybridized carbons (Fsp3) is 0.667. The second kappa shape index (κ2) is 5.75. The average molecular weight is 284 g/mol. The Kier molecular flexibility index (Phi) is 4.26. The average Bonchev–Trinajstić information content (AvgIpc) is 2.70. The lowest BCUT2D eigenvalue weighted by molar-refractivity contribution is 0.0934. The highest BCUT2D eigenvalue weighted by molar-refractivity contribution is 7.11. The maximum Gasteiger partial charge on any atom is 0.258 e. The minimum atomic E-state index is -0.157. The molecular weight excluding hydrogens is 264 g/mol. The molecule has 6 nitrogen and oxygen atoms in total. The number of nitrogens with zero attached hydrogens (tertiary/aromatic N) is 2. The van der Waals surface area contributed by atoms with E-state index in [9.17, 15) is 4.79 Å². The van der Waals surface area contributed by atoms with Gasteiger partial charge in [-0.15, -0.1) is 0 Å². The normalized spacial score (nSPS) is 19.8. The summed E-state index contributed by atoms with van der Waals surface area (Å²) in [4.78, 5) is 14.4. The Morgan fingerprint density at radius 1 is 1.63 bits per heavy atom. The summed E-state index contributed by atoms with van der Waals surface area (Å²) in [5.41, 5.74) is 6.34. The topological polar surface area (TPSA) is 80.5 Å². The van der Waals surface area contributed by atoms with Gasteiger partial charge in [-0.1, -0.05) is 0 Å². The summed E-state index contributed by atoms with van der Waals surface area (Å²) in [5.74, 6) is 0.145. The molecule has 0 radical (unpaired) electrons. The van der Waals surface area contributed by atoms with Crippen LogP contribution in [0.2, 0.25) is 0 Å². The summed E-state index contributed by atoms with van der Waals surface area (Å²) in [5, 5.41) is 3.71. The SMILES string of the molecule is CC(C)NC(=O)c1c(N)nsc1N1CCOCC1C. The number of amides is 1. The molecule has 7 heteroatoms. The zero-order valence-corrected chi connectivity index (χ0v) is 12.3. The van der Waals surface area contributed by atoms with Gasteiger partial charge in [0.05, 0.1) is 19.3 Å². The third kappa shape index (κ3) is 2.98. The van der Waals surface area contributed by atoms with Crippen LogP contribution in [0.15, 0.2) is 0 Å². The van der Waals surface area contributed by atoms with Crippen molar-refractivity contribution in [3.8, 4) is 0 Å². The van der Waals surface area contributed by atoms with Crippen molar-refractivity contribution in [2.45, 2.75) is 32.9 Å². The molecule has 1 amide bonds. The Bertz CT molecular complexity index is 461. The van der Waals surface area contributed by atoms with Crippen LogP contribution < -0.4 is 16.0 Å². The number of carbonyl (C=O) groups is 1. The summed E-state index contributed by atoms with van der Waals surface area (Å²) < 4.78 is 9.55. The van der Waals surface area contributed by atoms with Crippen LogP contribution in [0.5, 0.6) is 0 Å². The van der Waals surface area contributed by atoms with Crippen molar-refractivity contribution in [2.24, 2.45) is 0 Å². The molecule has 106 valence electrons. The summed E-state index contributed by atoms with van der Waals surface area (Å²) in [6.07, 6.45) is 0. The van der Waals surface area contributed by atoms with Gasteiger partial charge in [-0.2, -0.15) is 4.37 Å². The van der Waals surface area contributed by atoms with Crippen molar-refractivity contribution in [3.63, 3.8) is 0 Å². The molecule has 1 aromatic rings. The minimum absolute atomic E-state index is 0.0711. The first-order valence-corrected chi connectivity index (χ1v) is 7.18. The van der Waals surface area contributed by atoms with Gasteiger partial charge in [0.15, 0.2) is 5.82 Å². The van der Waals surface area contributed by atoms with Crippen LogP contribution in [-0.2, 0) is 4.74 Å². The van der Waals surface area contributed by atoms with Gasteiger partial charge in [0, 0.05) is 12.6 Å². The van der Waals surface area contributed by atoms with Crippen molar-refractivity contribution in [1.82, 2.24) is 9.69 Å². The molecule has 0 aliphatic carbocycles. The molecule has 19 heavy (non-hydrogen) atoms. The number of nitrogens with one attached hydrogen (secondary N) is 1. The Hall–Kier alpha value is -1.34. The maximum atomic E-state index is 12.2. The van der Waals surface area contributed by atoms with Gasteiger partial charge in [0.2, 0.25) is 0 Å². The molecular formula is C12H20N4O2S. The standard InChI is InChI=1S/C12H20N4O2S/c1-7(2)14-11(17)9-10(13)15-19-12(9)16-4-5-18-6-8(16)3/h7-8H,4-6H2,1-3H3,(H2,13,15)(H,14,17). The number of nitrogen functional groups attached to an aromatic ring is 1. The summed E-state index contributed by atoms with van der Waals surface area (Å²) >= 11 is 1.28. The maximum absolute atomic E-state index is 12.2. The first-order valence-electron chi connectivity index (χ1n) is 6.41. The predicted octanol–water partition coefficient (Wildman–Crippen LogP) is 1.09. The molecule has 0 spiro atoms. The highest BCUT2D eigenvalue weighted by Crippen LogP contribution is 2.32. The van der Waals surface area contributed by atoms with Gasteiger partial charge in [-0.3, -0.25) is 4.79 Å². The molecule has 1 unspecified atom stereocenters. The number of morpholine rings is 1. The van der Waals surface area contributed by atoms with Gasteiger partial charge in [0.1, 0.15) is 10.6 Å². The Labute approximate surface area is 117 Å². The van der Waals surface area contributed by atoms with E-state index in [4.69, 9.17) is 10.5 Å². The second-order valence-electron chi connectivity index (χ2n) is 4.99. The van der Waals surface area contributed by atoms with Crippen molar-refractivity contribution < 1.29 is 9.53 Å². The number of hydrogen-bond acceptors (Lipinski definition) is 6. The lowest BCUT2D eigenvalue weighted by atomic mass is 10.2. The van der Waals surface area contributed by atoms with Gasteiger partial charge in [-0.05, 0) is 32.3 Å². The number of carbonyl (C=O) groups excluding carboxylic acids is 1. The molecule has 3 N–H and O–H groups in total. The highest BCUT2D eigenvalue weighted by atomic mass is 32.1. The van der Waals surface area contributed by atoms with E-state index in [0.29, 0.717) is 24.6 Å². The van der Waals surface area contributed by atoms with E-state index in [1.807, 2.05) is 13.8 Å². The number of ether oxygens (including phenoxy) is 1. The van der Waals surface area contributed by atoms with E-state index < -0.39 is 0 Å². The monoisotopic (exact) mass is 284 g/mol. The zero-order valence-electron chi connectivity index (χ0n) is 11.5. The van der Waals surface area contributed by atoms with Crippen LogP contribution in [0.1, 0.15) is 31.1 Å². The van der Waals surface area contributed by atoms with Crippen molar-refractivity contribution in [1.29, 1.82) is 0 Å². The number of rotatable bonds is 3. The number of nitrogens with two attached hydrogens (primary N) is 1. The third-order valence-corrected chi connectivity index (χ3v) is 3.88. The minimum Gasteiger partial charge on any atom is -0.382 e. The first-order chi connectivity index (χ1) is 9.00.